The van der Waals surface area contributed by atoms with Crippen LogP contribution in [-0.2, 0) is 40.4 Å². The fourth-order valence-corrected chi connectivity index (χ4v) is 9.28. The molecule has 4 aromatic rings. The number of aromatic nitrogens is 4. The molecule has 5 heterocycles. The highest BCUT2D eigenvalue weighted by atomic mass is 19.3. The van der Waals surface area contributed by atoms with E-state index in [-0.39, 0.29) is 77.5 Å². The number of imidazole rings is 2. The minimum absolute atomic E-state index is 0.0461. The van der Waals surface area contributed by atoms with E-state index in [2.05, 4.69) is 35.3 Å². The van der Waals surface area contributed by atoms with Crippen molar-refractivity contribution >= 4 is 30.0 Å². The Morgan fingerprint density at radius 1 is 0.731 bits per heavy atom. The van der Waals surface area contributed by atoms with Crippen molar-refractivity contribution in [1.82, 2.24) is 45.7 Å². The van der Waals surface area contributed by atoms with Gasteiger partial charge >= 0.3 is 30.1 Å². The lowest BCUT2D eigenvalue weighted by Crippen LogP contribution is -2.54. The molecule has 8 rings (SSSR count). The van der Waals surface area contributed by atoms with Gasteiger partial charge < -0.3 is 49.3 Å². The Kier molecular flexibility index (Phi) is 12.6. The highest BCUT2D eigenvalue weighted by Crippen LogP contribution is 2.59. The predicted octanol–water partition coefficient (Wildman–Crippen LogP) is 6.48. The predicted molar refractivity (Wildman–Crippen MR) is 229 cm³/mol. The maximum atomic E-state index is 16.3. The lowest BCUT2D eigenvalue weighted by molar-refractivity contribution is -0.225. The maximum Gasteiger partial charge on any atom is 0.415 e. The number of nitrogens with one attached hydrogen (secondary N) is 5. The number of H-pyrrole nitrogens is 2. The fraction of sp³-hybridized carbons (Fsp3) is 0.489. The molecule has 18 nitrogen and oxygen atoms in total. The maximum absolute atomic E-state index is 16.3. The number of carbonyl (C=O) groups excluding carboxylic acids is 5. The monoisotopic (exact) mass is 937 g/mol. The average Bonchev–Trinajstić information content (AvgIpc) is 4.17. The van der Waals surface area contributed by atoms with Gasteiger partial charge in [-0.2, -0.15) is 17.6 Å². The molecule has 2 aromatic carbocycles. The van der Waals surface area contributed by atoms with Gasteiger partial charge in [0.05, 0.1) is 69.8 Å². The van der Waals surface area contributed by atoms with Crippen molar-refractivity contribution in [1.29, 1.82) is 0 Å². The Morgan fingerprint density at radius 3 is 1.76 bits per heavy atom. The minimum Gasteiger partial charge on any atom is -0.453 e. The molecule has 3 fully saturated rings. The Balaban J connectivity index is 1.06. The van der Waals surface area contributed by atoms with Crippen LogP contribution in [0, 0.1) is 11.8 Å². The molecule has 4 atom stereocenters. The number of rotatable bonds is 10. The van der Waals surface area contributed by atoms with Gasteiger partial charge in [0, 0.05) is 35.2 Å². The molecule has 2 aromatic heterocycles. The van der Waals surface area contributed by atoms with Gasteiger partial charge in [-0.25, -0.2) is 29.7 Å². The molecule has 3 aliphatic heterocycles. The first-order valence-electron chi connectivity index (χ1n) is 21.8. The van der Waals surface area contributed by atoms with E-state index in [1.54, 1.807) is 32.6 Å². The number of ether oxygens (including phenoxy) is 4. The van der Waals surface area contributed by atoms with Crippen LogP contribution in [0.1, 0.15) is 81.8 Å². The second kappa shape index (κ2) is 17.9. The first kappa shape index (κ1) is 47.0. The number of benzene rings is 2. The molecule has 0 radical (unpaired) electrons. The number of halogens is 4. The minimum atomic E-state index is -4.67. The third-order valence-corrected chi connectivity index (χ3v) is 12.8. The fourth-order valence-electron chi connectivity index (χ4n) is 9.28. The summed E-state index contributed by atoms with van der Waals surface area (Å²) in [4.78, 5) is 82.2. The molecule has 3 saturated heterocycles. The number of nitrogens with zero attached hydrogens (tertiary/aromatic N) is 4. The second-order valence-corrected chi connectivity index (χ2v) is 17.7. The highest BCUT2D eigenvalue weighted by Gasteiger charge is 2.63. The third kappa shape index (κ3) is 8.55. The van der Waals surface area contributed by atoms with Crippen LogP contribution < -0.4 is 16.0 Å². The van der Waals surface area contributed by atoms with Gasteiger partial charge in [0.2, 0.25) is 11.8 Å². The van der Waals surface area contributed by atoms with E-state index >= 15 is 17.6 Å². The summed E-state index contributed by atoms with van der Waals surface area (Å²) in [5.74, 6) is -11.5. The number of carbonyl (C=O) groups is 5. The van der Waals surface area contributed by atoms with Crippen LogP contribution in [0.15, 0.2) is 48.8 Å². The van der Waals surface area contributed by atoms with E-state index in [0.717, 1.165) is 19.2 Å². The van der Waals surface area contributed by atoms with Crippen LogP contribution in [0.2, 0.25) is 0 Å². The summed E-state index contributed by atoms with van der Waals surface area (Å²) in [5.41, 5.74) is -1.19. The zero-order valence-corrected chi connectivity index (χ0v) is 37.5. The summed E-state index contributed by atoms with van der Waals surface area (Å²) in [6.45, 7) is 7.84. The lowest BCUT2D eigenvalue weighted by Gasteiger charge is -2.35. The van der Waals surface area contributed by atoms with Crippen LogP contribution in [-0.4, -0.2) is 118 Å². The molecule has 22 heteroatoms. The molecule has 358 valence electrons. The van der Waals surface area contributed by atoms with E-state index in [9.17, 15) is 24.0 Å². The topological polar surface area (TPSA) is 222 Å². The standard InChI is InChI=1S/C45H51F4N9O9/c1-22(2)34(54-40(61)56-42(63)65-6)39(60)58-21-43(66-14-15-67-43)18-33(58)37-51-20-31(53-37)25-10-12-27-26-11-9-24(16-28(26)44(46,47)45(48,49)29(27)17-25)30-19-50-36(52-30)32-8-7-13-57(32)38(59)35(23(3)4)55-41(62)64-5/h9-12,16-17,19-20,22-23,32-35H,7-8,13-15,18,21H2,1-6H3,(H,50,52)(H,51,53)(H,55,62)(H2,54,56,61,63)/t32-,33-,34-,35-/m0/s1. The van der Waals surface area contributed by atoms with Gasteiger partial charge in [0.25, 0.3) is 0 Å². The highest BCUT2D eigenvalue weighted by molar-refractivity contribution is 5.94. The van der Waals surface area contributed by atoms with Crippen molar-refractivity contribution in [3.63, 3.8) is 0 Å². The van der Waals surface area contributed by atoms with Crippen LogP contribution >= 0.6 is 0 Å². The van der Waals surface area contributed by atoms with Crippen molar-refractivity contribution in [2.24, 2.45) is 11.8 Å². The van der Waals surface area contributed by atoms with E-state index < -0.39 is 83.0 Å². The van der Waals surface area contributed by atoms with Crippen molar-refractivity contribution < 1.29 is 60.5 Å². The number of alkyl halides is 4. The van der Waals surface area contributed by atoms with Gasteiger partial charge in [0.15, 0.2) is 5.79 Å². The zero-order chi connectivity index (χ0) is 48.2. The Hall–Kier alpha value is -6.55. The molecule has 5 N–H and O–H groups in total. The molecule has 0 saturated carbocycles. The first-order valence-corrected chi connectivity index (χ1v) is 21.8. The number of fused-ring (bicyclic) bond motifs is 3. The Labute approximate surface area is 381 Å². The van der Waals surface area contributed by atoms with E-state index in [1.807, 2.05) is 5.32 Å². The summed E-state index contributed by atoms with van der Waals surface area (Å²) >= 11 is 0. The molecule has 4 aliphatic rings. The molecule has 67 heavy (non-hydrogen) atoms. The summed E-state index contributed by atoms with van der Waals surface area (Å²) in [7, 11) is 2.28. The van der Waals surface area contributed by atoms with E-state index in [1.165, 1.54) is 48.7 Å². The molecular formula is C45H51F4N9O9. The van der Waals surface area contributed by atoms with Crippen LogP contribution in [0.25, 0.3) is 33.6 Å². The Morgan fingerprint density at radius 2 is 1.24 bits per heavy atom. The molecule has 1 spiro atoms. The number of imide groups is 1. The normalized spacial score (nSPS) is 20.9. The third-order valence-electron chi connectivity index (χ3n) is 12.8. The van der Waals surface area contributed by atoms with Crippen molar-refractivity contribution in [2.75, 3.05) is 40.5 Å². The SMILES string of the molecule is COC(=O)NC(=O)N[C@H](C(=O)N1CC2(C[C@H]1c1ncc(-c3ccc4c(c3)C(F)(F)C(F)(F)c3cc(-c5cnc([C@@H]6CCCN6C(=O)[C@@H](NC(=O)OC)C(C)C)[nH]5)ccc3-4)[nH]1)OCCO2)C(C)C. The van der Waals surface area contributed by atoms with Crippen molar-refractivity contribution in [2.45, 2.75) is 88.8 Å². The first-order chi connectivity index (χ1) is 31.8. The number of hydrogen-bond acceptors (Lipinski definition) is 11. The number of alkyl carbamates (subject to hydrolysis) is 2. The van der Waals surface area contributed by atoms with Gasteiger partial charge in [-0.3, -0.25) is 9.59 Å². The number of hydrogen-bond donors (Lipinski definition) is 5. The smallest absolute Gasteiger partial charge is 0.415 e. The molecule has 0 unspecified atom stereocenters. The van der Waals surface area contributed by atoms with E-state index in [0.29, 0.717) is 25.2 Å². The number of amides is 6. The Bertz CT molecular complexity index is 2580. The summed E-state index contributed by atoms with van der Waals surface area (Å²) in [6.07, 6.45) is 2.28. The molecule has 1 aliphatic carbocycles. The summed E-state index contributed by atoms with van der Waals surface area (Å²) in [6, 6.07) is 3.49. The second-order valence-electron chi connectivity index (χ2n) is 17.7. The lowest BCUT2D eigenvalue weighted by atomic mass is 9.79. The zero-order valence-electron chi connectivity index (χ0n) is 37.5. The summed E-state index contributed by atoms with van der Waals surface area (Å²) < 4.78 is 86.3. The van der Waals surface area contributed by atoms with Crippen molar-refractivity contribution in [3.05, 3.63) is 71.6 Å². The van der Waals surface area contributed by atoms with E-state index in [4.69, 9.17) is 14.2 Å². The number of likely N-dealkylation sites (tertiary alicyclic amines) is 2. The average molecular weight is 938 g/mol. The van der Waals surface area contributed by atoms with Crippen LogP contribution in [0.4, 0.5) is 31.9 Å². The number of methoxy groups -OCH3 is 2. The number of aromatic amines is 2. The molecular weight excluding hydrogens is 887 g/mol. The number of urea groups is 1. The van der Waals surface area contributed by atoms with Gasteiger partial charge in [0.1, 0.15) is 23.7 Å². The van der Waals surface area contributed by atoms with Crippen molar-refractivity contribution in [3.8, 4) is 33.6 Å². The summed E-state index contributed by atoms with van der Waals surface area (Å²) in [5, 5.41) is 7.07. The molecule has 0 bridgehead atoms. The van der Waals surface area contributed by atoms with Gasteiger partial charge in [-0.05, 0) is 47.9 Å². The van der Waals surface area contributed by atoms with Crippen LogP contribution in [0.3, 0.4) is 0 Å². The largest absolute Gasteiger partial charge is 0.453 e. The van der Waals surface area contributed by atoms with Gasteiger partial charge in [-0.1, -0.05) is 52.0 Å². The van der Waals surface area contributed by atoms with Gasteiger partial charge in [-0.15, -0.1) is 0 Å². The molecule has 6 amide bonds. The van der Waals surface area contributed by atoms with Crippen LogP contribution in [0.5, 0.6) is 0 Å². The quantitative estimate of drug-likeness (QED) is 0.108.